The highest BCUT2D eigenvalue weighted by molar-refractivity contribution is 5.88. The molecule has 0 spiro atoms. The van der Waals surface area contributed by atoms with E-state index in [-0.39, 0.29) is 17.0 Å². The molecule has 8 unspecified atom stereocenters. The van der Waals surface area contributed by atoms with Crippen molar-refractivity contribution < 1.29 is 14.7 Å². The molecule has 1 aromatic rings. The fourth-order valence-electron chi connectivity index (χ4n) is 14.2. The highest BCUT2D eigenvalue weighted by Gasteiger charge is 2.68. The first-order chi connectivity index (χ1) is 23.9. The van der Waals surface area contributed by atoms with Crippen LogP contribution in [0.2, 0.25) is 0 Å². The molecule has 8 rings (SSSR count). The van der Waals surface area contributed by atoms with Gasteiger partial charge in [0.1, 0.15) is 0 Å². The number of hydrogen-bond donors (Lipinski definition) is 2. The molecule has 7 aliphatic rings. The normalized spacial score (nSPS) is 42.5. The maximum Gasteiger partial charge on any atom is 0.335 e. The van der Waals surface area contributed by atoms with Crippen LogP contribution in [0, 0.1) is 45.8 Å². The largest absolute Gasteiger partial charge is 0.478 e. The first-order valence-electron chi connectivity index (χ1n) is 20.4. The van der Waals surface area contributed by atoms with Gasteiger partial charge in [-0.3, -0.25) is 4.90 Å². The molecule has 50 heavy (non-hydrogen) atoms. The van der Waals surface area contributed by atoms with Gasteiger partial charge in [-0.15, -0.1) is 0 Å². The number of urea groups is 1. The third-order valence-corrected chi connectivity index (χ3v) is 17.2. The van der Waals surface area contributed by atoms with Gasteiger partial charge in [-0.05, 0) is 160 Å². The molecule has 274 valence electrons. The summed E-state index contributed by atoms with van der Waals surface area (Å²) in [6.07, 6.45) is 17.4. The smallest absolute Gasteiger partial charge is 0.335 e. The Morgan fingerprint density at radius 1 is 0.780 bits per heavy atom. The van der Waals surface area contributed by atoms with E-state index in [1.807, 2.05) is 12.1 Å². The molecule has 5 aliphatic carbocycles. The van der Waals surface area contributed by atoms with Crippen LogP contribution >= 0.6 is 0 Å². The number of carbonyl (C=O) groups is 2. The van der Waals surface area contributed by atoms with Crippen molar-refractivity contribution in [3.63, 3.8) is 0 Å². The van der Waals surface area contributed by atoms with E-state index in [1.54, 1.807) is 12.1 Å². The molecule has 2 saturated heterocycles. The third kappa shape index (κ3) is 5.32. The highest BCUT2D eigenvalue weighted by atomic mass is 16.4. The van der Waals surface area contributed by atoms with Crippen LogP contribution in [0.3, 0.4) is 0 Å². The molecular formula is C43H64N4O3. The number of likely N-dealkylation sites (tertiary alicyclic amines) is 1. The first kappa shape index (κ1) is 34.7. The van der Waals surface area contributed by atoms with Crippen molar-refractivity contribution in [2.75, 3.05) is 46.3 Å². The Labute approximate surface area is 301 Å². The fraction of sp³-hybridized carbons (Fsp3) is 0.767. The summed E-state index contributed by atoms with van der Waals surface area (Å²) in [7, 11) is 2.23. The second kappa shape index (κ2) is 12.6. The molecule has 0 radical (unpaired) electrons. The van der Waals surface area contributed by atoms with Crippen LogP contribution in [0.5, 0.6) is 0 Å². The Morgan fingerprint density at radius 3 is 2.20 bits per heavy atom. The summed E-state index contributed by atoms with van der Waals surface area (Å²) in [4.78, 5) is 32.8. The number of carbonyl (C=O) groups excluding carboxylic acids is 1. The molecule has 2 heterocycles. The number of piperazine rings is 1. The molecule has 6 fully saturated rings. The Morgan fingerprint density at radius 2 is 1.50 bits per heavy atom. The topological polar surface area (TPSA) is 76.1 Å². The van der Waals surface area contributed by atoms with E-state index in [0.29, 0.717) is 52.0 Å². The minimum Gasteiger partial charge on any atom is -0.478 e. The number of nitrogens with one attached hydrogen (secondary N) is 1. The predicted octanol–water partition coefficient (Wildman–Crippen LogP) is 8.02. The van der Waals surface area contributed by atoms with Crippen molar-refractivity contribution in [3.05, 3.63) is 41.5 Å². The van der Waals surface area contributed by atoms with Gasteiger partial charge in [-0.25, -0.2) is 9.59 Å². The summed E-state index contributed by atoms with van der Waals surface area (Å²) in [5.74, 6) is 2.24. The summed E-state index contributed by atoms with van der Waals surface area (Å²) in [6, 6.07) is 8.49. The quantitative estimate of drug-likeness (QED) is 0.336. The number of allylic oxidation sites excluding steroid dienone is 2. The zero-order chi connectivity index (χ0) is 35.1. The molecule has 1 aromatic carbocycles. The van der Waals surface area contributed by atoms with E-state index in [2.05, 4.69) is 60.8 Å². The van der Waals surface area contributed by atoms with Gasteiger partial charge in [-0.2, -0.15) is 0 Å². The lowest BCUT2D eigenvalue weighted by Crippen LogP contribution is -2.68. The third-order valence-electron chi connectivity index (χ3n) is 17.2. The van der Waals surface area contributed by atoms with E-state index in [1.165, 1.54) is 82.0 Å². The average Bonchev–Trinajstić information content (AvgIpc) is 3.53. The minimum atomic E-state index is -0.859. The number of benzene rings is 1. The number of rotatable bonds is 4. The van der Waals surface area contributed by atoms with Crippen LogP contribution in [0.15, 0.2) is 30.3 Å². The van der Waals surface area contributed by atoms with Gasteiger partial charge >= 0.3 is 12.0 Å². The van der Waals surface area contributed by atoms with Gasteiger partial charge in [0.25, 0.3) is 0 Å². The second-order valence-electron chi connectivity index (χ2n) is 18.9. The number of carboxylic acids is 1. The number of hydrogen-bond acceptors (Lipinski definition) is 4. The molecule has 9 atom stereocenters. The van der Waals surface area contributed by atoms with Crippen molar-refractivity contribution >= 4 is 17.6 Å². The highest BCUT2D eigenvalue weighted by Crippen LogP contribution is 2.75. The Balaban J connectivity index is 0.966. The molecule has 7 nitrogen and oxygen atoms in total. The zero-order valence-corrected chi connectivity index (χ0v) is 31.7. The predicted molar refractivity (Wildman–Crippen MR) is 200 cm³/mol. The van der Waals surface area contributed by atoms with E-state index in [4.69, 9.17) is 0 Å². The van der Waals surface area contributed by atoms with Crippen LogP contribution in [0.25, 0.3) is 5.57 Å². The Bertz CT molecular complexity index is 1490. The maximum atomic E-state index is 14.0. The van der Waals surface area contributed by atoms with Gasteiger partial charge in [0.05, 0.1) is 5.56 Å². The summed E-state index contributed by atoms with van der Waals surface area (Å²) >= 11 is 0. The lowest BCUT2D eigenvalue weighted by Gasteiger charge is -2.71. The maximum absolute atomic E-state index is 14.0. The Kier molecular flexibility index (Phi) is 8.77. The number of fused-ring (bicyclic) bond motifs is 7. The molecule has 4 saturated carbocycles. The van der Waals surface area contributed by atoms with Gasteiger partial charge in [0.15, 0.2) is 0 Å². The summed E-state index contributed by atoms with van der Waals surface area (Å²) < 4.78 is 0. The van der Waals surface area contributed by atoms with Crippen LogP contribution in [-0.4, -0.2) is 89.7 Å². The molecule has 0 aromatic heterocycles. The lowest BCUT2D eigenvalue weighted by atomic mass is 9.34. The van der Waals surface area contributed by atoms with Crippen molar-refractivity contribution in [1.29, 1.82) is 0 Å². The van der Waals surface area contributed by atoms with Gasteiger partial charge < -0.3 is 20.2 Å². The number of aromatic carboxylic acids is 1. The number of nitrogens with zero attached hydrogens (tertiary/aromatic N) is 3. The Hall–Kier alpha value is -2.38. The molecule has 2 amide bonds. The second-order valence-corrected chi connectivity index (χ2v) is 18.9. The van der Waals surface area contributed by atoms with E-state index < -0.39 is 5.97 Å². The van der Waals surface area contributed by atoms with Gasteiger partial charge in [0.2, 0.25) is 0 Å². The standard InChI is InChI=1S/C43H64N4O3/c1-29-33(30-8-10-31(11-9-30)38(48)49)14-19-40(2)34(29)15-20-42(4)37(40)13-12-35-36-7-6-18-43(36,22-21-41(35,42)3)44-39(50)47-27-25-46(26-28-47)32-16-23-45(5)24-17-32/h8-11,14,29,32,34-37H,6-7,12-13,15-28H2,1-5H3,(H,44,50)(H,48,49)/t29?,34?,35?,36?,37?,40?,41-,42?,43?/m1/s1. The SMILES string of the molecule is CC1C(c2ccc(C(=O)O)cc2)=CCC2(C)C1CCC1(C)C2CCC2C3CCCC3(NC(=O)N3CCN(C4CCN(C)CC4)CC3)CC[C@]21C. The van der Waals surface area contributed by atoms with Crippen LogP contribution in [0.4, 0.5) is 4.79 Å². The van der Waals surface area contributed by atoms with E-state index in [9.17, 15) is 14.7 Å². The molecule has 0 bridgehead atoms. The van der Waals surface area contributed by atoms with Crippen molar-refractivity contribution in [2.45, 2.75) is 116 Å². The number of piperidine rings is 1. The first-order valence-corrected chi connectivity index (χ1v) is 20.4. The zero-order valence-electron chi connectivity index (χ0n) is 31.7. The summed E-state index contributed by atoms with van der Waals surface area (Å²) in [6.45, 7) is 16.6. The van der Waals surface area contributed by atoms with Crippen molar-refractivity contribution in [3.8, 4) is 0 Å². The minimum absolute atomic E-state index is 0.0240. The average molecular weight is 685 g/mol. The molecule has 2 aliphatic heterocycles. The lowest BCUT2D eigenvalue weighted by molar-refractivity contribution is -0.210. The van der Waals surface area contributed by atoms with Gasteiger partial charge in [-0.1, -0.05) is 52.3 Å². The summed E-state index contributed by atoms with van der Waals surface area (Å²) in [5, 5.41) is 13.2. The number of amides is 2. The van der Waals surface area contributed by atoms with Gasteiger partial charge in [0, 0.05) is 37.8 Å². The summed E-state index contributed by atoms with van der Waals surface area (Å²) in [5.41, 5.74) is 3.83. The van der Waals surface area contributed by atoms with Crippen LogP contribution in [-0.2, 0) is 0 Å². The fourth-order valence-corrected chi connectivity index (χ4v) is 14.2. The van der Waals surface area contributed by atoms with Crippen LogP contribution in [0.1, 0.15) is 121 Å². The monoisotopic (exact) mass is 684 g/mol. The molecule has 2 N–H and O–H groups in total. The van der Waals surface area contributed by atoms with E-state index >= 15 is 0 Å². The molecular weight excluding hydrogens is 620 g/mol. The van der Waals surface area contributed by atoms with E-state index in [0.717, 1.165) is 45.4 Å². The van der Waals surface area contributed by atoms with Crippen molar-refractivity contribution in [2.24, 2.45) is 45.8 Å². The van der Waals surface area contributed by atoms with Crippen molar-refractivity contribution in [1.82, 2.24) is 20.0 Å². The molecule has 7 heteroatoms. The number of carboxylic acid groups (broad SMARTS) is 1. The van der Waals surface area contributed by atoms with Crippen LogP contribution < -0.4 is 5.32 Å².